The van der Waals surface area contributed by atoms with Gasteiger partial charge >= 0.3 is 0 Å². The maximum atomic E-state index is 12.0. The predicted octanol–water partition coefficient (Wildman–Crippen LogP) is 0.884. The molecule has 0 aromatic carbocycles. The number of alkyl halides is 1. The van der Waals surface area contributed by atoms with Crippen molar-refractivity contribution in [2.45, 2.75) is 43.9 Å². The van der Waals surface area contributed by atoms with Gasteiger partial charge in [0.15, 0.2) is 11.5 Å². The predicted molar refractivity (Wildman–Crippen MR) is 73.6 cm³/mol. The lowest BCUT2D eigenvalue weighted by Gasteiger charge is -2.36. The monoisotopic (exact) mass is 281 g/mol. The van der Waals surface area contributed by atoms with Crippen LogP contribution in [-0.2, 0) is 4.79 Å². The van der Waals surface area contributed by atoms with Crippen molar-refractivity contribution in [1.82, 2.24) is 10.2 Å². The zero-order valence-electron chi connectivity index (χ0n) is 10.7. The van der Waals surface area contributed by atoms with Crippen molar-refractivity contribution in [3.05, 3.63) is 11.9 Å². The molecule has 0 aromatic heterocycles. The molecule has 3 aliphatic rings. The van der Waals surface area contributed by atoms with Crippen molar-refractivity contribution in [3.8, 4) is 0 Å². The standard InChI is InChI=1S/C12H16ClN5O/c1-7-6-18(8-4-2-3-5-8)10-9(15-7)11(19)17-12(13,14)16-10/h6,8H,2-5,14H2,1H3,(H,17,19). The summed E-state index contributed by atoms with van der Waals surface area (Å²) in [5.74, 6) is 0.108. The van der Waals surface area contributed by atoms with Crippen LogP contribution in [0.1, 0.15) is 32.6 Å². The number of carbonyl (C=O) groups is 1. The number of amidine groups is 1. The van der Waals surface area contributed by atoms with Crippen LogP contribution in [0.2, 0.25) is 0 Å². The fraction of sp³-hybridized carbons (Fsp3) is 0.583. The Morgan fingerprint density at radius 1 is 1.53 bits per heavy atom. The van der Waals surface area contributed by atoms with Crippen molar-refractivity contribution >= 4 is 29.1 Å². The fourth-order valence-electron chi connectivity index (χ4n) is 2.76. The number of nitrogens with zero attached hydrogens (tertiary/aromatic N) is 3. The molecule has 2 aliphatic heterocycles. The molecule has 0 aromatic rings. The van der Waals surface area contributed by atoms with E-state index >= 15 is 0 Å². The van der Waals surface area contributed by atoms with Gasteiger partial charge in [-0.15, -0.1) is 0 Å². The molecule has 6 nitrogen and oxygen atoms in total. The average Bonchev–Trinajstić information content (AvgIpc) is 2.82. The van der Waals surface area contributed by atoms with Crippen molar-refractivity contribution in [2.24, 2.45) is 15.7 Å². The molecule has 2 heterocycles. The van der Waals surface area contributed by atoms with Crippen molar-refractivity contribution < 1.29 is 4.79 Å². The minimum absolute atomic E-state index is 0.300. The maximum Gasteiger partial charge on any atom is 0.277 e. The molecule has 0 radical (unpaired) electrons. The summed E-state index contributed by atoms with van der Waals surface area (Å²) in [5.41, 5.74) is 6.80. The summed E-state index contributed by atoms with van der Waals surface area (Å²) < 4.78 is 0. The number of carbonyl (C=O) groups excluding carboxylic acids is 1. The van der Waals surface area contributed by atoms with Crippen molar-refractivity contribution in [1.29, 1.82) is 0 Å². The minimum Gasteiger partial charge on any atom is -0.326 e. The Labute approximate surface area is 116 Å². The number of nitrogens with two attached hydrogens (primary N) is 1. The van der Waals surface area contributed by atoms with E-state index in [2.05, 4.69) is 15.3 Å². The van der Waals surface area contributed by atoms with Crippen LogP contribution in [0.4, 0.5) is 0 Å². The van der Waals surface area contributed by atoms with E-state index in [1.54, 1.807) is 0 Å². The normalized spacial score (nSPS) is 31.4. The second-order valence-electron chi connectivity index (χ2n) is 5.14. The SMILES string of the molecule is CC1=CN(C2CCCC2)C2=NC(N)(Cl)NC(=O)C2=N1. The first-order valence-corrected chi connectivity index (χ1v) is 6.80. The Hall–Kier alpha value is -1.40. The van der Waals surface area contributed by atoms with Gasteiger partial charge in [-0.25, -0.2) is 9.98 Å². The molecule has 1 unspecified atom stereocenters. The van der Waals surface area contributed by atoms with Gasteiger partial charge in [0.05, 0.1) is 5.70 Å². The molecule has 1 fully saturated rings. The number of hydrogen-bond donors (Lipinski definition) is 2. The van der Waals surface area contributed by atoms with E-state index < -0.39 is 5.25 Å². The number of rotatable bonds is 1. The van der Waals surface area contributed by atoms with Gasteiger partial charge in [-0.3, -0.25) is 10.5 Å². The van der Waals surface area contributed by atoms with E-state index in [4.69, 9.17) is 17.3 Å². The molecule has 7 heteroatoms. The van der Waals surface area contributed by atoms with E-state index in [0.717, 1.165) is 18.5 Å². The first-order chi connectivity index (χ1) is 8.96. The van der Waals surface area contributed by atoms with Gasteiger partial charge in [0, 0.05) is 12.2 Å². The van der Waals surface area contributed by atoms with Crippen molar-refractivity contribution in [2.75, 3.05) is 0 Å². The molecule has 0 bridgehead atoms. The third kappa shape index (κ3) is 2.26. The summed E-state index contributed by atoms with van der Waals surface area (Å²) in [6.45, 7) is 1.87. The van der Waals surface area contributed by atoms with E-state index in [9.17, 15) is 4.79 Å². The number of allylic oxidation sites excluding steroid dienone is 1. The number of fused-ring (bicyclic) bond motifs is 1. The molecule has 1 atom stereocenters. The second kappa shape index (κ2) is 4.31. The summed E-state index contributed by atoms with van der Waals surface area (Å²) in [6, 6.07) is 0.345. The molecule has 3 rings (SSSR count). The van der Waals surface area contributed by atoms with E-state index in [0.29, 0.717) is 17.6 Å². The van der Waals surface area contributed by atoms with Gasteiger partial charge in [0.1, 0.15) is 0 Å². The Morgan fingerprint density at radius 3 is 2.89 bits per heavy atom. The van der Waals surface area contributed by atoms with Gasteiger partial charge in [-0.05, 0) is 19.8 Å². The zero-order valence-corrected chi connectivity index (χ0v) is 11.4. The summed E-state index contributed by atoms with van der Waals surface area (Å²) in [7, 11) is 0. The van der Waals surface area contributed by atoms with E-state index in [1.165, 1.54) is 12.8 Å². The summed E-state index contributed by atoms with van der Waals surface area (Å²) >= 11 is 5.95. The number of hydrogen-bond acceptors (Lipinski definition) is 5. The van der Waals surface area contributed by atoms with Crippen LogP contribution in [0.15, 0.2) is 21.9 Å². The average molecular weight is 282 g/mol. The van der Waals surface area contributed by atoms with Gasteiger partial charge in [0.2, 0.25) is 0 Å². The van der Waals surface area contributed by atoms with E-state index in [1.807, 2.05) is 18.0 Å². The molecule has 0 spiro atoms. The lowest BCUT2D eigenvalue weighted by molar-refractivity contribution is -0.115. The molecule has 3 N–H and O–H groups in total. The van der Waals surface area contributed by atoms with Crippen LogP contribution >= 0.6 is 11.6 Å². The Bertz CT molecular complexity index is 516. The Kier molecular flexibility index (Phi) is 2.87. The lowest BCUT2D eigenvalue weighted by Crippen LogP contribution is -2.61. The minimum atomic E-state index is -1.58. The van der Waals surface area contributed by atoms with Gasteiger partial charge in [0.25, 0.3) is 11.2 Å². The molecule has 0 saturated heterocycles. The molecule has 1 amide bonds. The topological polar surface area (TPSA) is 83.1 Å². The van der Waals surface area contributed by atoms with Crippen LogP contribution < -0.4 is 11.1 Å². The van der Waals surface area contributed by atoms with Crippen LogP contribution in [0.5, 0.6) is 0 Å². The van der Waals surface area contributed by atoms with Crippen LogP contribution in [0.25, 0.3) is 0 Å². The first kappa shape index (κ1) is 12.6. The largest absolute Gasteiger partial charge is 0.326 e. The Balaban J connectivity index is 2.03. The highest BCUT2D eigenvalue weighted by atomic mass is 35.5. The molecule has 1 saturated carbocycles. The number of halogens is 1. The fourth-order valence-corrected chi connectivity index (χ4v) is 2.93. The molecular formula is C12H16ClN5O. The van der Waals surface area contributed by atoms with Crippen LogP contribution in [0, 0.1) is 0 Å². The highest BCUT2D eigenvalue weighted by Crippen LogP contribution is 2.28. The molecule has 102 valence electrons. The smallest absolute Gasteiger partial charge is 0.277 e. The van der Waals surface area contributed by atoms with Gasteiger partial charge < -0.3 is 10.2 Å². The molecule has 1 aliphatic carbocycles. The molecule has 19 heavy (non-hydrogen) atoms. The number of aliphatic imine (C=N–C) groups is 2. The number of amides is 1. The highest BCUT2D eigenvalue weighted by Gasteiger charge is 2.40. The van der Waals surface area contributed by atoms with Gasteiger partial charge in [-0.2, -0.15) is 0 Å². The summed E-state index contributed by atoms with van der Waals surface area (Å²) in [4.78, 5) is 22.5. The van der Waals surface area contributed by atoms with E-state index in [-0.39, 0.29) is 5.91 Å². The third-order valence-corrected chi connectivity index (χ3v) is 3.74. The number of nitrogens with one attached hydrogen (secondary N) is 1. The zero-order chi connectivity index (χ0) is 13.6. The van der Waals surface area contributed by atoms with Crippen molar-refractivity contribution in [3.63, 3.8) is 0 Å². The second-order valence-corrected chi connectivity index (χ2v) is 5.72. The summed E-state index contributed by atoms with van der Waals surface area (Å²) in [6.07, 6.45) is 6.46. The Morgan fingerprint density at radius 2 is 2.21 bits per heavy atom. The van der Waals surface area contributed by atoms with Gasteiger partial charge in [-0.1, -0.05) is 24.4 Å². The maximum absolute atomic E-state index is 12.0. The molecular weight excluding hydrogens is 266 g/mol. The first-order valence-electron chi connectivity index (χ1n) is 6.42. The third-order valence-electron chi connectivity index (χ3n) is 3.56. The van der Waals surface area contributed by atoms with Crippen LogP contribution in [-0.4, -0.2) is 33.6 Å². The highest BCUT2D eigenvalue weighted by molar-refractivity contribution is 6.68. The lowest BCUT2D eigenvalue weighted by atomic mass is 10.1. The quantitative estimate of drug-likeness (QED) is 0.553. The van der Waals surface area contributed by atoms with Crippen LogP contribution in [0.3, 0.4) is 0 Å². The summed E-state index contributed by atoms with van der Waals surface area (Å²) in [5, 5.41) is 0.837.